The third-order valence-electron chi connectivity index (χ3n) is 2.75. The van der Waals surface area contributed by atoms with E-state index in [1.54, 1.807) is 18.2 Å². The molecule has 0 aliphatic heterocycles. The van der Waals surface area contributed by atoms with Crippen LogP contribution in [0.1, 0.15) is 16.1 Å². The number of aromatic nitrogens is 2. The van der Waals surface area contributed by atoms with Crippen LogP contribution in [0.25, 0.3) is 11.3 Å². The Balaban J connectivity index is 2.50. The largest absolute Gasteiger partial charge is 0.477 e. The lowest BCUT2D eigenvalue weighted by molar-refractivity contribution is 0.0684. The van der Waals surface area contributed by atoms with E-state index in [0.717, 1.165) is 11.1 Å². The van der Waals surface area contributed by atoms with Gasteiger partial charge in [0.1, 0.15) is 5.69 Å². The van der Waals surface area contributed by atoms with Gasteiger partial charge in [0.15, 0.2) is 0 Å². The number of hydrogen-bond donors (Lipinski definition) is 1. The molecule has 4 nitrogen and oxygen atoms in total. The zero-order chi connectivity index (χ0) is 14.0. The predicted octanol–water partition coefficient (Wildman–Crippen LogP) is 3.40. The molecule has 19 heavy (non-hydrogen) atoms. The van der Waals surface area contributed by atoms with Crippen LogP contribution in [0.5, 0.6) is 0 Å². The average molecular weight is 277 g/mol. The summed E-state index contributed by atoms with van der Waals surface area (Å²) < 4.78 is 1.41. The van der Waals surface area contributed by atoms with Crippen LogP contribution in [0.3, 0.4) is 0 Å². The molecule has 0 fully saturated rings. The number of allylic oxidation sites excluding steroid dienone is 1. The molecule has 0 saturated heterocycles. The number of hydrogen-bond acceptors (Lipinski definition) is 2. The molecule has 0 unspecified atom stereocenters. The number of aryl methyl sites for hydroxylation is 1. The van der Waals surface area contributed by atoms with E-state index in [-0.39, 0.29) is 5.69 Å². The molecule has 2 rings (SSSR count). The molecule has 2 aromatic rings. The van der Waals surface area contributed by atoms with Crippen LogP contribution in [0.4, 0.5) is 0 Å². The lowest BCUT2D eigenvalue weighted by atomic mass is 10.1. The maximum atomic E-state index is 11.1. The number of carboxylic acid groups (broad SMARTS) is 1. The molecule has 0 radical (unpaired) electrons. The number of nitrogens with zero attached hydrogens (tertiary/aromatic N) is 2. The first kappa shape index (κ1) is 13.4. The predicted molar refractivity (Wildman–Crippen MR) is 74.6 cm³/mol. The number of rotatable bonds is 4. The monoisotopic (exact) mass is 276 g/mol. The third-order valence-corrected chi connectivity index (χ3v) is 3.18. The van der Waals surface area contributed by atoms with E-state index in [4.69, 9.17) is 16.7 Å². The summed E-state index contributed by atoms with van der Waals surface area (Å²) in [4.78, 5) is 11.1. The first-order chi connectivity index (χ1) is 9.02. The molecule has 1 heterocycles. The fraction of sp³-hybridized carbons (Fsp3) is 0.143. The van der Waals surface area contributed by atoms with Gasteiger partial charge in [0.05, 0.1) is 12.2 Å². The second-order valence-electron chi connectivity index (χ2n) is 4.15. The molecule has 1 aromatic heterocycles. The minimum absolute atomic E-state index is 0.141. The number of aromatic carboxylic acids is 1. The molecule has 0 spiro atoms. The van der Waals surface area contributed by atoms with E-state index in [2.05, 4.69) is 11.7 Å². The number of halogens is 1. The van der Waals surface area contributed by atoms with Gasteiger partial charge in [0.25, 0.3) is 0 Å². The maximum absolute atomic E-state index is 11.1. The van der Waals surface area contributed by atoms with Crippen LogP contribution < -0.4 is 0 Å². The first-order valence-electron chi connectivity index (χ1n) is 5.71. The zero-order valence-electron chi connectivity index (χ0n) is 10.4. The quantitative estimate of drug-likeness (QED) is 0.871. The Bertz CT molecular complexity index is 647. The summed E-state index contributed by atoms with van der Waals surface area (Å²) in [6.45, 7) is 5.84. The zero-order valence-corrected chi connectivity index (χ0v) is 11.2. The molecule has 0 aliphatic rings. The van der Waals surface area contributed by atoms with Gasteiger partial charge in [-0.05, 0) is 30.7 Å². The molecule has 0 bridgehead atoms. The third kappa shape index (κ3) is 2.69. The summed E-state index contributed by atoms with van der Waals surface area (Å²) in [6, 6.07) is 7.03. The normalized spacial score (nSPS) is 10.4. The molecular weight excluding hydrogens is 264 g/mol. The standard InChI is InChI=1S/C14H13ClN2O2/c1-3-6-17-13(14(18)19)8-12(16-17)10-4-5-11(15)9(2)7-10/h3-5,7-8H,1,6H2,2H3,(H,18,19). The Morgan fingerprint density at radius 2 is 2.26 bits per heavy atom. The highest BCUT2D eigenvalue weighted by atomic mass is 35.5. The number of carboxylic acids is 1. The molecule has 1 N–H and O–H groups in total. The highest BCUT2D eigenvalue weighted by Gasteiger charge is 2.14. The summed E-state index contributed by atoms with van der Waals surface area (Å²) in [5.74, 6) is -1.01. The molecule has 0 amide bonds. The molecule has 0 atom stereocenters. The van der Waals surface area contributed by atoms with Crippen molar-refractivity contribution in [1.82, 2.24) is 9.78 Å². The fourth-order valence-electron chi connectivity index (χ4n) is 1.80. The minimum atomic E-state index is -1.01. The highest BCUT2D eigenvalue weighted by molar-refractivity contribution is 6.31. The van der Waals surface area contributed by atoms with Crippen LogP contribution in [-0.4, -0.2) is 20.9 Å². The summed E-state index contributed by atoms with van der Waals surface area (Å²) in [7, 11) is 0. The molecular formula is C14H13ClN2O2. The Labute approximate surface area is 115 Å². The van der Waals surface area contributed by atoms with E-state index >= 15 is 0 Å². The van der Waals surface area contributed by atoms with Crippen LogP contribution in [0.2, 0.25) is 5.02 Å². The second-order valence-corrected chi connectivity index (χ2v) is 4.56. The lowest BCUT2D eigenvalue weighted by Crippen LogP contribution is -2.08. The molecule has 1 aromatic carbocycles. The molecule has 0 saturated carbocycles. The van der Waals surface area contributed by atoms with E-state index in [0.29, 0.717) is 17.3 Å². The Morgan fingerprint density at radius 1 is 1.53 bits per heavy atom. The van der Waals surface area contributed by atoms with E-state index in [9.17, 15) is 4.79 Å². The van der Waals surface area contributed by atoms with Gasteiger partial charge in [-0.3, -0.25) is 4.68 Å². The summed E-state index contributed by atoms with van der Waals surface area (Å²) >= 11 is 5.97. The van der Waals surface area contributed by atoms with E-state index < -0.39 is 5.97 Å². The summed E-state index contributed by atoms with van der Waals surface area (Å²) in [5.41, 5.74) is 2.52. The van der Waals surface area contributed by atoms with Crippen molar-refractivity contribution < 1.29 is 9.90 Å². The van der Waals surface area contributed by atoms with Crippen molar-refractivity contribution in [1.29, 1.82) is 0 Å². The molecule has 98 valence electrons. The van der Waals surface area contributed by atoms with Crippen molar-refractivity contribution in [2.24, 2.45) is 0 Å². The Kier molecular flexibility index (Phi) is 3.71. The Morgan fingerprint density at radius 3 is 2.84 bits per heavy atom. The van der Waals surface area contributed by atoms with E-state index in [1.165, 1.54) is 4.68 Å². The van der Waals surface area contributed by atoms with Gasteiger partial charge in [-0.2, -0.15) is 5.10 Å². The van der Waals surface area contributed by atoms with Gasteiger partial charge >= 0.3 is 5.97 Å². The summed E-state index contributed by atoms with van der Waals surface area (Å²) in [5, 5.41) is 14.1. The van der Waals surface area contributed by atoms with Gasteiger partial charge in [-0.1, -0.05) is 23.7 Å². The van der Waals surface area contributed by atoms with Crippen molar-refractivity contribution in [3.8, 4) is 11.3 Å². The van der Waals surface area contributed by atoms with Crippen LogP contribution >= 0.6 is 11.6 Å². The highest BCUT2D eigenvalue weighted by Crippen LogP contribution is 2.24. The van der Waals surface area contributed by atoms with Crippen molar-refractivity contribution in [3.05, 3.63) is 53.2 Å². The maximum Gasteiger partial charge on any atom is 0.354 e. The van der Waals surface area contributed by atoms with Crippen molar-refractivity contribution in [3.63, 3.8) is 0 Å². The van der Waals surface area contributed by atoms with Crippen molar-refractivity contribution >= 4 is 17.6 Å². The van der Waals surface area contributed by atoms with Gasteiger partial charge < -0.3 is 5.11 Å². The van der Waals surface area contributed by atoms with Gasteiger partial charge in [0.2, 0.25) is 0 Å². The summed E-state index contributed by atoms with van der Waals surface area (Å²) in [6.07, 6.45) is 1.61. The van der Waals surface area contributed by atoms with Gasteiger partial charge in [-0.25, -0.2) is 4.79 Å². The smallest absolute Gasteiger partial charge is 0.354 e. The van der Waals surface area contributed by atoms with Crippen LogP contribution in [0, 0.1) is 6.92 Å². The Hall–Kier alpha value is -2.07. The SMILES string of the molecule is C=CCn1nc(-c2ccc(Cl)c(C)c2)cc1C(=O)O. The topological polar surface area (TPSA) is 55.1 Å². The number of carbonyl (C=O) groups is 1. The first-order valence-corrected chi connectivity index (χ1v) is 6.09. The number of benzene rings is 1. The lowest BCUT2D eigenvalue weighted by Gasteiger charge is -2.01. The minimum Gasteiger partial charge on any atom is -0.477 e. The van der Waals surface area contributed by atoms with Gasteiger partial charge in [0, 0.05) is 10.6 Å². The van der Waals surface area contributed by atoms with Crippen LogP contribution in [-0.2, 0) is 6.54 Å². The molecule has 5 heteroatoms. The van der Waals surface area contributed by atoms with Crippen molar-refractivity contribution in [2.45, 2.75) is 13.5 Å². The molecule has 0 aliphatic carbocycles. The van der Waals surface area contributed by atoms with Crippen molar-refractivity contribution in [2.75, 3.05) is 0 Å². The average Bonchev–Trinajstić information content (AvgIpc) is 2.77. The van der Waals surface area contributed by atoms with E-state index in [1.807, 2.05) is 19.1 Å². The van der Waals surface area contributed by atoms with Gasteiger partial charge in [-0.15, -0.1) is 6.58 Å². The van der Waals surface area contributed by atoms with Crippen LogP contribution in [0.15, 0.2) is 36.9 Å². The second kappa shape index (κ2) is 5.28. The fourth-order valence-corrected chi connectivity index (χ4v) is 1.91.